The van der Waals surface area contributed by atoms with E-state index in [2.05, 4.69) is 10.6 Å². The summed E-state index contributed by atoms with van der Waals surface area (Å²) in [5, 5.41) is 15.5. The predicted octanol–water partition coefficient (Wildman–Crippen LogP) is 3.85. The lowest BCUT2D eigenvalue weighted by Gasteiger charge is -2.45. The third-order valence-electron chi connectivity index (χ3n) is 5.32. The van der Waals surface area contributed by atoms with Crippen molar-refractivity contribution >= 4 is 17.9 Å². The Balaban J connectivity index is 3.55. The van der Waals surface area contributed by atoms with Crippen LogP contribution in [0.25, 0.3) is 0 Å². The number of carbonyl (C=O) groups excluding carboxylic acids is 3. The van der Waals surface area contributed by atoms with Crippen LogP contribution in [-0.2, 0) is 14.3 Å². The molecule has 1 aromatic carbocycles. The average Bonchev–Trinajstić information content (AvgIpc) is 2.67. The molecule has 34 heavy (non-hydrogen) atoms. The first-order chi connectivity index (χ1) is 15.4. The van der Waals surface area contributed by atoms with Crippen molar-refractivity contribution in [3.63, 3.8) is 0 Å². The molecule has 0 heterocycles. The smallest absolute Gasteiger partial charge is 0.408 e. The molecule has 2 atom stereocenters. The number of hydrogen-bond acceptors (Lipinski definition) is 5. The van der Waals surface area contributed by atoms with E-state index in [4.69, 9.17) is 4.74 Å². The molecule has 0 aliphatic carbocycles. The number of hydrogen-bond donors (Lipinski definition) is 3. The van der Waals surface area contributed by atoms with Crippen LogP contribution in [0, 0.1) is 6.92 Å². The zero-order chi connectivity index (χ0) is 26.5. The highest BCUT2D eigenvalue weighted by atomic mass is 16.6. The minimum Gasteiger partial charge on any atom is -0.444 e. The summed E-state index contributed by atoms with van der Waals surface area (Å²) in [6.45, 7) is 17.7. The van der Waals surface area contributed by atoms with E-state index in [0.717, 1.165) is 5.56 Å². The maximum atomic E-state index is 13.8. The molecule has 0 fully saturated rings. The molecule has 0 saturated carbocycles. The summed E-state index contributed by atoms with van der Waals surface area (Å²) in [6, 6.07) is 5.16. The molecule has 3 amide bonds. The van der Waals surface area contributed by atoms with Gasteiger partial charge in [0.25, 0.3) is 0 Å². The Kier molecular flexibility index (Phi) is 9.70. The number of alkyl carbamates (subject to hydrolysis) is 1. The first-order valence-electron chi connectivity index (χ1n) is 11.7. The Morgan fingerprint density at radius 2 is 1.53 bits per heavy atom. The largest absolute Gasteiger partial charge is 0.444 e. The van der Waals surface area contributed by atoms with Gasteiger partial charge in [0.1, 0.15) is 17.7 Å². The van der Waals surface area contributed by atoms with Crippen molar-refractivity contribution in [1.29, 1.82) is 0 Å². The van der Waals surface area contributed by atoms with E-state index in [1.54, 1.807) is 20.8 Å². The van der Waals surface area contributed by atoms with Gasteiger partial charge in [-0.2, -0.15) is 0 Å². The molecule has 0 aromatic heterocycles. The van der Waals surface area contributed by atoms with Crippen LogP contribution in [0.5, 0.6) is 0 Å². The molecule has 0 saturated heterocycles. The Bertz CT molecular complexity index is 851. The van der Waals surface area contributed by atoms with Crippen molar-refractivity contribution in [1.82, 2.24) is 15.5 Å². The minimum absolute atomic E-state index is 0.347. The third kappa shape index (κ3) is 8.63. The predicted molar refractivity (Wildman–Crippen MR) is 133 cm³/mol. The summed E-state index contributed by atoms with van der Waals surface area (Å²) in [7, 11) is 0. The SMILES string of the molecule is CCC(C)(C)N(C(=O)C(CO)NC(=O)OC(C)(C)C)C(C(=O)NC(C)(C)C)c1ccc(C)cc1. The fourth-order valence-electron chi connectivity index (χ4n) is 3.35. The first kappa shape index (κ1) is 29.4. The van der Waals surface area contributed by atoms with Gasteiger partial charge >= 0.3 is 6.09 Å². The molecule has 1 rings (SSSR count). The number of nitrogens with zero attached hydrogens (tertiary/aromatic N) is 1. The highest BCUT2D eigenvalue weighted by molar-refractivity contribution is 5.93. The van der Waals surface area contributed by atoms with Gasteiger partial charge in [-0.1, -0.05) is 36.8 Å². The van der Waals surface area contributed by atoms with Crippen molar-refractivity contribution in [2.24, 2.45) is 0 Å². The molecule has 0 bridgehead atoms. The zero-order valence-corrected chi connectivity index (χ0v) is 22.4. The molecule has 8 heteroatoms. The molecule has 0 aliphatic rings. The van der Waals surface area contributed by atoms with Crippen LogP contribution >= 0.6 is 0 Å². The second kappa shape index (κ2) is 11.2. The van der Waals surface area contributed by atoms with E-state index in [9.17, 15) is 19.5 Å². The maximum absolute atomic E-state index is 13.8. The zero-order valence-electron chi connectivity index (χ0n) is 22.4. The highest BCUT2D eigenvalue weighted by Crippen LogP contribution is 2.32. The summed E-state index contributed by atoms with van der Waals surface area (Å²) in [5.41, 5.74) is -0.421. The second-order valence-electron chi connectivity index (χ2n) is 11.3. The van der Waals surface area contributed by atoms with E-state index in [-0.39, 0.29) is 5.91 Å². The number of aliphatic hydroxyl groups is 1. The van der Waals surface area contributed by atoms with Crippen molar-refractivity contribution in [3.05, 3.63) is 35.4 Å². The summed E-state index contributed by atoms with van der Waals surface area (Å²) in [4.78, 5) is 41.3. The lowest BCUT2D eigenvalue weighted by Crippen LogP contribution is -2.61. The summed E-state index contributed by atoms with van der Waals surface area (Å²) in [6.07, 6.45) is -0.283. The van der Waals surface area contributed by atoms with Crippen LogP contribution in [0.3, 0.4) is 0 Å². The van der Waals surface area contributed by atoms with Crippen molar-refractivity contribution < 1.29 is 24.2 Å². The molecular weight excluding hydrogens is 434 g/mol. The fraction of sp³-hybridized carbons (Fsp3) is 0.654. The molecule has 192 valence electrons. The molecule has 2 unspecified atom stereocenters. The molecule has 0 radical (unpaired) electrons. The fourth-order valence-corrected chi connectivity index (χ4v) is 3.35. The van der Waals surface area contributed by atoms with E-state index in [1.165, 1.54) is 4.90 Å². The lowest BCUT2D eigenvalue weighted by atomic mass is 9.91. The number of aryl methyl sites for hydroxylation is 1. The van der Waals surface area contributed by atoms with Crippen LogP contribution in [-0.4, -0.2) is 57.2 Å². The van der Waals surface area contributed by atoms with Gasteiger partial charge in [-0.15, -0.1) is 0 Å². The molecule has 8 nitrogen and oxygen atoms in total. The Hall–Kier alpha value is -2.61. The normalized spacial score (nSPS) is 14.1. The standard InChI is InChI=1S/C26H43N3O5/c1-11-26(9,10)29(22(32)19(16-30)27-23(33)34-25(6,7)8)20(21(31)28-24(3,4)5)18-14-12-17(2)13-15-18/h12-15,19-20,30H,11,16H2,1-10H3,(H,27,33)(H,28,31). The quantitative estimate of drug-likeness (QED) is 0.527. The van der Waals surface area contributed by atoms with Gasteiger partial charge in [-0.05, 0) is 74.3 Å². The number of nitrogens with one attached hydrogen (secondary N) is 2. The summed E-state index contributed by atoms with van der Waals surface area (Å²) in [5.74, 6) is -0.921. The van der Waals surface area contributed by atoms with Crippen LogP contribution in [0.2, 0.25) is 0 Å². The monoisotopic (exact) mass is 477 g/mol. The van der Waals surface area contributed by atoms with E-state index in [0.29, 0.717) is 12.0 Å². The summed E-state index contributed by atoms with van der Waals surface area (Å²) >= 11 is 0. The van der Waals surface area contributed by atoms with Crippen LogP contribution in [0.4, 0.5) is 4.79 Å². The van der Waals surface area contributed by atoms with E-state index < -0.39 is 47.4 Å². The van der Waals surface area contributed by atoms with Gasteiger partial charge in [0.05, 0.1) is 6.61 Å². The van der Waals surface area contributed by atoms with Gasteiger partial charge in [0.15, 0.2) is 0 Å². The topological polar surface area (TPSA) is 108 Å². The van der Waals surface area contributed by atoms with Gasteiger partial charge in [-0.3, -0.25) is 9.59 Å². The number of carbonyl (C=O) groups is 3. The van der Waals surface area contributed by atoms with Crippen molar-refractivity contribution in [2.45, 2.75) is 104 Å². The molecule has 0 aliphatic heterocycles. The number of amides is 3. The second-order valence-corrected chi connectivity index (χ2v) is 11.3. The summed E-state index contributed by atoms with van der Waals surface area (Å²) < 4.78 is 5.27. The van der Waals surface area contributed by atoms with E-state index in [1.807, 2.05) is 72.7 Å². The van der Waals surface area contributed by atoms with Gasteiger partial charge < -0.3 is 25.4 Å². The van der Waals surface area contributed by atoms with Gasteiger partial charge in [0, 0.05) is 11.1 Å². The Morgan fingerprint density at radius 3 is 1.94 bits per heavy atom. The van der Waals surface area contributed by atoms with Crippen LogP contribution in [0.15, 0.2) is 24.3 Å². The number of ether oxygens (including phenoxy) is 1. The molecular formula is C26H43N3O5. The third-order valence-corrected chi connectivity index (χ3v) is 5.32. The molecule has 1 aromatic rings. The van der Waals surface area contributed by atoms with Gasteiger partial charge in [0.2, 0.25) is 11.8 Å². The Morgan fingerprint density at radius 1 is 1.00 bits per heavy atom. The highest BCUT2D eigenvalue weighted by Gasteiger charge is 2.43. The molecule has 3 N–H and O–H groups in total. The van der Waals surface area contributed by atoms with Crippen LogP contribution < -0.4 is 10.6 Å². The minimum atomic E-state index is -1.28. The number of rotatable bonds is 8. The maximum Gasteiger partial charge on any atom is 0.408 e. The van der Waals surface area contributed by atoms with Crippen molar-refractivity contribution in [2.75, 3.05) is 6.61 Å². The first-order valence-corrected chi connectivity index (χ1v) is 11.7. The lowest BCUT2D eigenvalue weighted by molar-refractivity contribution is -0.150. The number of benzene rings is 1. The van der Waals surface area contributed by atoms with Crippen molar-refractivity contribution in [3.8, 4) is 0 Å². The number of aliphatic hydroxyl groups excluding tert-OH is 1. The van der Waals surface area contributed by atoms with E-state index >= 15 is 0 Å². The molecule has 0 spiro atoms. The Labute approximate surface area is 204 Å². The van der Waals surface area contributed by atoms with Gasteiger partial charge in [-0.25, -0.2) is 4.79 Å². The van der Waals surface area contributed by atoms with Crippen LogP contribution in [0.1, 0.15) is 85.9 Å². The average molecular weight is 478 g/mol.